The van der Waals surface area contributed by atoms with E-state index in [-0.39, 0.29) is 31.0 Å². The molecule has 10 heteroatoms. The Balaban J connectivity index is 1.74. The predicted molar refractivity (Wildman–Crippen MR) is 140 cm³/mol. The Morgan fingerprint density at radius 2 is 1.94 bits per heavy atom. The highest BCUT2D eigenvalue weighted by Crippen LogP contribution is 2.53. The van der Waals surface area contributed by atoms with Crippen LogP contribution in [0.1, 0.15) is 65.3 Å². The maximum absolute atomic E-state index is 13.7. The van der Waals surface area contributed by atoms with Crippen LogP contribution in [0.25, 0.3) is 0 Å². The van der Waals surface area contributed by atoms with E-state index in [9.17, 15) is 15.0 Å². The second-order valence-electron chi connectivity index (χ2n) is 10.2. The molecule has 188 valence electrons. The lowest BCUT2D eigenvalue weighted by molar-refractivity contribution is -0.0536. The number of fused-ring (bicyclic) bond motifs is 1. The molecule has 2 N–H and O–H groups in total. The lowest BCUT2D eigenvalue weighted by atomic mass is 9.51. The van der Waals surface area contributed by atoms with Gasteiger partial charge in [0.25, 0.3) is 5.91 Å². The smallest absolute Gasteiger partial charge is 0.257 e. The van der Waals surface area contributed by atoms with E-state index in [0.29, 0.717) is 17.8 Å². The highest BCUT2D eigenvalue weighted by molar-refractivity contribution is 7.27. The molecule has 35 heavy (non-hydrogen) atoms. The fraction of sp³-hybridized carbons (Fsp3) is 0.560. The van der Waals surface area contributed by atoms with Crippen LogP contribution in [0.15, 0.2) is 24.5 Å². The van der Waals surface area contributed by atoms with Gasteiger partial charge >= 0.3 is 0 Å². The SMILES string of the molecule is BC1(C(O)(CC)c2cc(P)c3c(c2)C(=O)N(Cc2ncc(C)cn2)C3OCCO)CCN(C)CC1. The molecule has 0 aliphatic carbocycles. The minimum Gasteiger partial charge on any atom is -0.394 e. The maximum Gasteiger partial charge on any atom is 0.257 e. The lowest BCUT2D eigenvalue weighted by Crippen LogP contribution is -2.47. The van der Waals surface area contributed by atoms with Gasteiger partial charge in [-0.15, -0.1) is 9.24 Å². The fourth-order valence-corrected chi connectivity index (χ4v) is 5.91. The number of aliphatic hydroxyl groups is 2. The van der Waals surface area contributed by atoms with E-state index in [1.54, 1.807) is 17.3 Å². The van der Waals surface area contributed by atoms with Crippen molar-refractivity contribution >= 4 is 28.3 Å². The number of piperidine rings is 1. The van der Waals surface area contributed by atoms with Crippen LogP contribution in [0.5, 0.6) is 0 Å². The van der Waals surface area contributed by atoms with Crippen molar-refractivity contribution in [2.24, 2.45) is 0 Å². The molecule has 3 heterocycles. The summed E-state index contributed by atoms with van der Waals surface area (Å²) in [4.78, 5) is 26.3. The molecule has 3 atom stereocenters. The number of aliphatic hydroxyl groups excluding tert-OH is 1. The number of likely N-dealkylation sites (tertiary alicyclic amines) is 1. The van der Waals surface area contributed by atoms with Crippen LogP contribution in [-0.4, -0.2) is 77.1 Å². The molecule has 1 saturated heterocycles. The molecule has 2 aliphatic rings. The van der Waals surface area contributed by atoms with Gasteiger partial charge in [-0.2, -0.15) is 0 Å². The Kier molecular flexibility index (Phi) is 7.65. The second kappa shape index (κ2) is 10.2. The lowest BCUT2D eigenvalue weighted by Gasteiger charge is -2.49. The van der Waals surface area contributed by atoms with Crippen LogP contribution in [0.4, 0.5) is 0 Å². The van der Waals surface area contributed by atoms with Crippen LogP contribution in [-0.2, 0) is 16.9 Å². The van der Waals surface area contributed by atoms with Gasteiger partial charge in [-0.25, -0.2) is 9.97 Å². The normalized spacial score (nSPS) is 21.7. The molecule has 0 radical (unpaired) electrons. The van der Waals surface area contributed by atoms with Crippen LogP contribution in [0, 0.1) is 6.92 Å². The van der Waals surface area contributed by atoms with E-state index in [4.69, 9.17) is 4.74 Å². The third-order valence-electron chi connectivity index (χ3n) is 7.82. The monoisotopic (exact) mass is 498 g/mol. The number of hydrogen-bond acceptors (Lipinski definition) is 7. The zero-order chi connectivity index (χ0) is 25.4. The molecule has 0 bridgehead atoms. The van der Waals surface area contributed by atoms with Crippen molar-refractivity contribution in [3.63, 3.8) is 0 Å². The topological polar surface area (TPSA) is 99.0 Å². The number of amides is 1. The summed E-state index contributed by atoms with van der Waals surface area (Å²) < 4.78 is 5.96. The molecule has 1 aromatic heterocycles. The standard InChI is InChI=1S/C25H36BN4O4P/c1-4-25(33,24(26)5-7-29(3)8-6-24)17-11-18-21(19(35)12-17)23(34-10-9-31)30(22(18)32)15-20-27-13-16(2)14-28-20/h11-14,23,31,33H,4-10,15,26,35H2,1-3H3. The number of aryl methyl sites for hydroxylation is 1. The maximum atomic E-state index is 13.7. The van der Waals surface area contributed by atoms with Crippen LogP contribution >= 0.6 is 9.24 Å². The summed E-state index contributed by atoms with van der Waals surface area (Å²) in [5.74, 6) is 0.327. The first-order valence-corrected chi connectivity index (χ1v) is 12.9. The van der Waals surface area contributed by atoms with E-state index in [0.717, 1.165) is 47.9 Å². The average Bonchev–Trinajstić information content (AvgIpc) is 3.11. The summed E-state index contributed by atoms with van der Waals surface area (Å²) in [7, 11) is 7.00. The molecular weight excluding hydrogens is 462 g/mol. The fourth-order valence-electron chi connectivity index (χ4n) is 5.43. The third-order valence-corrected chi connectivity index (χ3v) is 8.30. The van der Waals surface area contributed by atoms with Crippen molar-refractivity contribution in [2.45, 2.75) is 56.8 Å². The molecular formula is C25H36BN4O4P. The van der Waals surface area contributed by atoms with Crippen molar-refractivity contribution in [1.29, 1.82) is 0 Å². The van der Waals surface area contributed by atoms with Gasteiger partial charge < -0.3 is 24.7 Å². The number of ether oxygens (including phenoxy) is 1. The number of aromatic nitrogens is 2. The number of hydrogen-bond donors (Lipinski definition) is 2. The second-order valence-corrected chi connectivity index (χ2v) is 10.8. The Labute approximate surface area is 210 Å². The van der Waals surface area contributed by atoms with Crippen LogP contribution < -0.4 is 5.30 Å². The number of rotatable bonds is 8. The molecule has 1 fully saturated rings. The molecule has 0 saturated carbocycles. The largest absolute Gasteiger partial charge is 0.394 e. The highest BCUT2D eigenvalue weighted by atomic mass is 31.0. The summed E-state index contributed by atoms with van der Waals surface area (Å²) in [5.41, 5.74) is 1.90. The zero-order valence-electron chi connectivity index (χ0n) is 21.1. The molecule has 4 rings (SSSR count). The van der Waals surface area contributed by atoms with Gasteiger partial charge in [-0.1, -0.05) is 6.92 Å². The molecule has 8 nitrogen and oxygen atoms in total. The average molecular weight is 498 g/mol. The Morgan fingerprint density at radius 1 is 1.29 bits per heavy atom. The minimum absolute atomic E-state index is 0.0962. The molecule has 3 unspecified atom stereocenters. The Bertz CT molecular complexity index is 1080. The predicted octanol–water partition coefficient (Wildman–Crippen LogP) is 1.06. The summed E-state index contributed by atoms with van der Waals surface area (Å²) in [6.07, 6.45) is 5.10. The Morgan fingerprint density at radius 3 is 2.54 bits per heavy atom. The van der Waals surface area contributed by atoms with Gasteiger partial charge in [0, 0.05) is 23.5 Å². The van der Waals surface area contributed by atoms with E-state index < -0.39 is 11.8 Å². The van der Waals surface area contributed by atoms with Gasteiger partial charge in [0.05, 0.1) is 25.4 Å². The van der Waals surface area contributed by atoms with Crippen molar-refractivity contribution in [1.82, 2.24) is 19.8 Å². The van der Waals surface area contributed by atoms with Crippen molar-refractivity contribution < 1.29 is 19.7 Å². The van der Waals surface area contributed by atoms with Crippen molar-refractivity contribution in [2.75, 3.05) is 33.4 Å². The third kappa shape index (κ3) is 4.77. The first-order chi connectivity index (χ1) is 16.6. The summed E-state index contributed by atoms with van der Waals surface area (Å²) in [6.45, 7) is 5.91. The van der Waals surface area contributed by atoms with Gasteiger partial charge in [0.1, 0.15) is 13.7 Å². The first kappa shape index (κ1) is 26.2. The molecule has 0 spiro atoms. The number of carbonyl (C=O) groups is 1. The van der Waals surface area contributed by atoms with Gasteiger partial charge in [0.15, 0.2) is 6.23 Å². The zero-order valence-corrected chi connectivity index (χ0v) is 22.3. The van der Waals surface area contributed by atoms with E-state index in [2.05, 4.69) is 39.0 Å². The molecule has 2 aliphatic heterocycles. The summed E-state index contributed by atoms with van der Waals surface area (Å²) >= 11 is 0. The molecule has 1 aromatic carbocycles. The highest BCUT2D eigenvalue weighted by Gasteiger charge is 2.49. The first-order valence-electron chi connectivity index (χ1n) is 12.3. The van der Waals surface area contributed by atoms with Gasteiger partial charge in [-0.3, -0.25) is 4.79 Å². The quantitative estimate of drug-likeness (QED) is 0.415. The van der Waals surface area contributed by atoms with Crippen LogP contribution in [0.3, 0.4) is 0 Å². The van der Waals surface area contributed by atoms with E-state index >= 15 is 0 Å². The molecule has 2 aromatic rings. The van der Waals surface area contributed by atoms with Crippen LogP contribution in [0.2, 0.25) is 5.31 Å². The number of nitrogens with zero attached hydrogens (tertiary/aromatic N) is 4. The number of benzene rings is 1. The number of carbonyl (C=O) groups excluding carboxylic acids is 1. The van der Waals surface area contributed by atoms with E-state index in [1.807, 2.05) is 26.0 Å². The van der Waals surface area contributed by atoms with Crippen molar-refractivity contribution in [3.05, 3.63) is 52.6 Å². The van der Waals surface area contributed by atoms with Crippen molar-refractivity contribution in [3.8, 4) is 0 Å². The summed E-state index contributed by atoms with van der Waals surface area (Å²) in [6, 6.07) is 3.83. The summed E-state index contributed by atoms with van der Waals surface area (Å²) in [5, 5.41) is 22.0. The Hall–Kier alpha value is -1.90. The van der Waals surface area contributed by atoms with Gasteiger partial charge in [-0.05, 0) is 80.2 Å². The molecule has 1 amide bonds. The minimum atomic E-state index is -1.07. The van der Waals surface area contributed by atoms with Gasteiger partial charge in [0.2, 0.25) is 0 Å². The van der Waals surface area contributed by atoms with E-state index in [1.165, 1.54) is 0 Å².